The number of carbonyl (C=O) groups is 1. The summed E-state index contributed by atoms with van der Waals surface area (Å²) in [4.78, 5) is 19.4. The van der Waals surface area contributed by atoms with Crippen molar-refractivity contribution in [3.05, 3.63) is 42.2 Å². The smallest absolute Gasteiger partial charge is 0.272 e. The lowest BCUT2D eigenvalue weighted by Crippen LogP contribution is -2.27. The maximum absolute atomic E-state index is 11.8. The van der Waals surface area contributed by atoms with E-state index in [9.17, 15) is 4.79 Å². The highest BCUT2D eigenvalue weighted by atomic mass is 16.3. The van der Waals surface area contributed by atoms with Gasteiger partial charge in [-0.1, -0.05) is 0 Å². The lowest BCUT2D eigenvalue weighted by atomic mass is 10.2. The SMILES string of the molecule is CC(NC(=O)c1cnc(N)cn1)c1ccco1. The summed E-state index contributed by atoms with van der Waals surface area (Å²) in [7, 11) is 0. The fraction of sp³-hybridized carbons (Fsp3) is 0.182. The van der Waals surface area contributed by atoms with Crippen molar-refractivity contribution in [2.75, 3.05) is 5.73 Å². The van der Waals surface area contributed by atoms with Gasteiger partial charge < -0.3 is 15.5 Å². The van der Waals surface area contributed by atoms with Crippen LogP contribution in [0.2, 0.25) is 0 Å². The minimum absolute atomic E-state index is 0.220. The number of rotatable bonds is 3. The molecule has 0 radical (unpaired) electrons. The lowest BCUT2D eigenvalue weighted by Gasteiger charge is -2.10. The van der Waals surface area contributed by atoms with Crippen molar-refractivity contribution < 1.29 is 9.21 Å². The van der Waals surface area contributed by atoms with E-state index in [2.05, 4.69) is 15.3 Å². The first kappa shape index (κ1) is 11.1. The third kappa shape index (κ3) is 2.60. The van der Waals surface area contributed by atoms with Crippen LogP contribution in [0.4, 0.5) is 5.82 Å². The fourth-order valence-corrected chi connectivity index (χ4v) is 1.33. The topological polar surface area (TPSA) is 94.0 Å². The summed E-state index contributed by atoms with van der Waals surface area (Å²) >= 11 is 0. The van der Waals surface area contributed by atoms with Gasteiger partial charge in [0.1, 0.15) is 17.3 Å². The van der Waals surface area contributed by atoms with Crippen LogP contribution in [0.5, 0.6) is 0 Å². The van der Waals surface area contributed by atoms with Gasteiger partial charge in [0, 0.05) is 0 Å². The predicted molar refractivity (Wildman–Crippen MR) is 61.0 cm³/mol. The molecule has 0 aliphatic carbocycles. The standard InChI is InChI=1S/C11H12N4O2/c1-7(9-3-2-4-17-9)15-11(16)8-5-14-10(12)6-13-8/h2-7H,1H3,(H2,12,14)(H,15,16). The summed E-state index contributed by atoms with van der Waals surface area (Å²) in [5, 5.41) is 2.74. The molecule has 0 saturated heterocycles. The molecule has 2 aromatic rings. The Hall–Kier alpha value is -2.37. The largest absolute Gasteiger partial charge is 0.467 e. The molecule has 0 aromatic carbocycles. The molecule has 2 rings (SSSR count). The number of carbonyl (C=O) groups excluding carboxylic acids is 1. The molecule has 3 N–H and O–H groups in total. The Morgan fingerprint density at radius 2 is 2.29 bits per heavy atom. The number of nitrogen functional groups attached to an aromatic ring is 1. The molecule has 0 spiro atoms. The minimum Gasteiger partial charge on any atom is -0.467 e. The van der Waals surface area contributed by atoms with Gasteiger partial charge in [-0.2, -0.15) is 0 Å². The first-order chi connectivity index (χ1) is 8.16. The van der Waals surface area contributed by atoms with Gasteiger partial charge in [0.2, 0.25) is 0 Å². The Morgan fingerprint density at radius 1 is 1.47 bits per heavy atom. The molecule has 1 atom stereocenters. The van der Waals surface area contributed by atoms with Crippen molar-refractivity contribution in [2.45, 2.75) is 13.0 Å². The molecule has 0 fully saturated rings. The monoisotopic (exact) mass is 232 g/mol. The molecule has 6 nitrogen and oxygen atoms in total. The van der Waals surface area contributed by atoms with Crippen LogP contribution in [-0.2, 0) is 0 Å². The number of anilines is 1. The van der Waals surface area contributed by atoms with Crippen LogP contribution in [0.25, 0.3) is 0 Å². The molecule has 17 heavy (non-hydrogen) atoms. The maximum atomic E-state index is 11.8. The summed E-state index contributed by atoms with van der Waals surface area (Å²) in [6.45, 7) is 1.82. The second kappa shape index (κ2) is 4.65. The Bertz CT molecular complexity index is 493. The third-order valence-corrected chi connectivity index (χ3v) is 2.22. The number of furan rings is 1. The van der Waals surface area contributed by atoms with Crippen molar-refractivity contribution in [3.8, 4) is 0 Å². The van der Waals surface area contributed by atoms with Gasteiger partial charge in [0.25, 0.3) is 5.91 Å². The number of nitrogens with two attached hydrogens (primary N) is 1. The van der Waals surface area contributed by atoms with Gasteiger partial charge in [-0.15, -0.1) is 0 Å². The number of hydrogen-bond acceptors (Lipinski definition) is 5. The molecule has 0 saturated carbocycles. The van der Waals surface area contributed by atoms with Crippen molar-refractivity contribution in [1.29, 1.82) is 0 Å². The van der Waals surface area contributed by atoms with E-state index in [-0.39, 0.29) is 23.5 Å². The van der Waals surface area contributed by atoms with E-state index in [1.807, 2.05) is 6.92 Å². The molecule has 1 amide bonds. The van der Waals surface area contributed by atoms with Crippen LogP contribution in [0.15, 0.2) is 35.2 Å². The van der Waals surface area contributed by atoms with Crippen LogP contribution in [0, 0.1) is 0 Å². The predicted octanol–water partition coefficient (Wildman–Crippen LogP) is 1.14. The Labute approximate surface area is 97.9 Å². The van der Waals surface area contributed by atoms with Crippen molar-refractivity contribution in [1.82, 2.24) is 15.3 Å². The number of nitrogens with zero attached hydrogens (tertiary/aromatic N) is 2. The molecule has 88 valence electrons. The summed E-state index contributed by atoms with van der Waals surface area (Å²) in [5.74, 6) is 0.642. The molecule has 2 heterocycles. The van der Waals surface area contributed by atoms with Crippen molar-refractivity contribution >= 4 is 11.7 Å². The van der Waals surface area contributed by atoms with Crippen LogP contribution in [-0.4, -0.2) is 15.9 Å². The normalized spacial score (nSPS) is 12.1. The van der Waals surface area contributed by atoms with E-state index in [0.29, 0.717) is 5.76 Å². The van der Waals surface area contributed by atoms with Gasteiger partial charge >= 0.3 is 0 Å². The third-order valence-electron chi connectivity index (χ3n) is 2.22. The summed E-state index contributed by atoms with van der Waals surface area (Å²) < 4.78 is 5.18. The van der Waals surface area contributed by atoms with Crippen LogP contribution in [0.1, 0.15) is 29.2 Å². The van der Waals surface area contributed by atoms with Crippen molar-refractivity contribution in [2.24, 2.45) is 0 Å². The van der Waals surface area contributed by atoms with E-state index in [1.165, 1.54) is 12.4 Å². The number of amides is 1. The van der Waals surface area contributed by atoms with Gasteiger partial charge in [-0.25, -0.2) is 9.97 Å². The Morgan fingerprint density at radius 3 is 2.88 bits per heavy atom. The molecule has 0 aliphatic heterocycles. The zero-order chi connectivity index (χ0) is 12.3. The fourth-order valence-electron chi connectivity index (χ4n) is 1.33. The minimum atomic E-state index is -0.318. The van der Waals surface area contributed by atoms with E-state index >= 15 is 0 Å². The highest BCUT2D eigenvalue weighted by molar-refractivity contribution is 5.92. The Balaban J connectivity index is 2.04. The number of hydrogen-bond donors (Lipinski definition) is 2. The number of nitrogens with one attached hydrogen (secondary N) is 1. The average Bonchev–Trinajstić information content (AvgIpc) is 2.83. The summed E-state index contributed by atoms with van der Waals surface area (Å²) in [5.41, 5.74) is 5.60. The molecule has 0 bridgehead atoms. The Kier molecular flexibility index (Phi) is 3.04. The molecule has 1 unspecified atom stereocenters. The highest BCUT2D eigenvalue weighted by Crippen LogP contribution is 2.12. The first-order valence-electron chi connectivity index (χ1n) is 5.08. The van der Waals surface area contributed by atoms with Crippen LogP contribution < -0.4 is 11.1 Å². The first-order valence-corrected chi connectivity index (χ1v) is 5.08. The van der Waals surface area contributed by atoms with Crippen LogP contribution >= 0.6 is 0 Å². The van der Waals surface area contributed by atoms with Gasteiger partial charge in [0.05, 0.1) is 24.7 Å². The molecule has 2 aromatic heterocycles. The van der Waals surface area contributed by atoms with E-state index < -0.39 is 0 Å². The van der Waals surface area contributed by atoms with E-state index in [4.69, 9.17) is 10.2 Å². The van der Waals surface area contributed by atoms with Crippen molar-refractivity contribution in [3.63, 3.8) is 0 Å². The number of aromatic nitrogens is 2. The van der Waals surface area contributed by atoms with Crippen LogP contribution in [0.3, 0.4) is 0 Å². The summed E-state index contributed by atoms with van der Waals surface area (Å²) in [6.07, 6.45) is 4.23. The molecular formula is C11H12N4O2. The average molecular weight is 232 g/mol. The van der Waals surface area contributed by atoms with Gasteiger partial charge in [-0.3, -0.25) is 4.79 Å². The second-order valence-electron chi connectivity index (χ2n) is 3.54. The van der Waals surface area contributed by atoms with Gasteiger partial charge in [0.15, 0.2) is 0 Å². The second-order valence-corrected chi connectivity index (χ2v) is 3.54. The molecular weight excluding hydrogens is 220 g/mol. The lowest BCUT2D eigenvalue weighted by molar-refractivity contribution is 0.0930. The zero-order valence-electron chi connectivity index (χ0n) is 9.25. The highest BCUT2D eigenvalue weighted by Gasteiger charge is 2.14. The summed E-state index contributed by atoms with van der Waals surface area (Å²) in [6, 6.07) is 3.33. The quantitative estimate of drug-likeness (QED) is 0.827. The molecule has 0 aliphatic rings. The van der Waals surface area contributed by atoms with Gasteiger partial charge in [-0.05, 0) is 19.1 Å². The maximum Gasteiger partial charge on any atom is 0.272 e. The molecule has 6 heteroatoms. The van der Waals surface area contributed by atoms with E-state index in [0.717, 1.165) is 0 Å². The zero-order valence-corrected chi connectivity index (χ0v) is 9.25. The van der Waals surface area contributed by atoms with E-state index in [1.54, 1.807) is 18.4 Å².